The largest absolute Gasteiger partial charge is 0.380 e. The maximum absolute atomic E-state index is 12.1. The van der Waals surface area contributed by atoms with Crippen molar-refractivity contribution >= 4 is 29.7 Å². The predicted octanol–water partition coefficient (Wildman–Crippen LogP) is 2.76. The van der Waals surface area contributed by atoms with Gasteiger partial charge < -0.3 is 15.0 Å². The lowest BCUT2D eigenvalue weighted by molar-refractivity contribution is -0.117. The van der Waals surface area contributed by atoms with Gasteiger partial charge >= 0.3 is 0 Å². The number of rotatable bonds is 4. The summed E-state index contributed by atoms with van der Waals surface area (Å²) in [6, 6.07) is 8.16. The highest BCUT2D eigenvalue weighted by atomic mass is 35.5. The molecule has 2 heterocycles. The zero-order chi connectivity index (χ0) is 15.9. The van der Waals surface area contributed by atoms with Crippen molar-refractivity contribution in [3.05, 3.63) is 24.3 Å². The van der Waals surface area contributed by atoms with E-state index >= 15 is 0 Å². The quantitative estimate of drug-likeness (QED) is 0.904. The van der Waals surface area contributed by atoms with Gasteiger partial charge in [0.15, 0.2) is 0 Å². The second kappa shape index (κ2) is 9.87. The summed E-state index contributed by atoms with van der Waals surface area (Å²) in [5, 5.41) is 3.01. The van der Waals surface area contributed by atoms with Gasteiger partial charge in [-0.2, -0.15) is 0 Å². The Bertz CT molecular complexity index is 495. The van der Waals surface area contributed by atoms with Crippen molar-refractivity contribution in [1.29, 1.82) is 0 Å². The van der Waals surface area contributed by atoms with E-state index in [1.54, 1.807) is 0 Å². The summed E-state index contributed by atoms with van der Waals surface area (Å²) in [5.74, 6) is 0.0859. The van der Waals surface area contributed by atoms with Crippen LogP contribution in [0.2, 0.25) is 0 Å². The molecule has 2 fully saturated rings. The van der Waals surface area contributed by atoms with Crippen molar-refractivity contribution in [3.8, 4) is 0 Å². The molecular weight excluding hydrogens is 326 g/mol. The first-order valence-corrected chi connectivity index (χ1v) is 8.76. The molecule has 0 spiro atoms. The number of hydrogen-bond acceptors (Lipinski definition) is 4. The molecule has 0 aromatic heterocycles. The van der Waals surface area contributed by atoms with Crippen LogP contribution in [-0.4, -0.2) is 56.7 Å². The number of benzene rings is 1. The molecule has 134 valence electrons. The molecule has 3 rings (SSSR count). The molecule has 1 amide bonds. The Labute approximate surface area is 150 Å². The number of nitrogens with one attached hydrogen (secondary N) is 1. The van der Waals surface area contributed by atoms with Crippen LogP contribution in [0.25, 0.3) is 0 Å². The third kappa shape index (κ3) is 5.65. The Morgan fingerprint density at radius 3 is 2.46 bits per heavy atom. The lowest BCUT2D eigenvalue weighted by Crippen LogP contribution is -2.36. The molecule has 0 atom stereocenters. The van der Waals surface area contributed by atoms with Crippen LogP contribution in [-0.2, 0) is 9.53 Å². The topological polar surface area (TPSA) is 44.8 Å². The van der Waals surface area contributed by atoms with Crippen molar-refractivity contribution < 1.29 is 9.53 Å². The Morgan fingerprint density at radius 1 is 0.958 bits per heavy atom. The number of carbonyl (C=O) groups is 1. The van der Waals surface area contributed by atoms with E-state index in [0.717, 1.165) is 51.5 Å². The first-order valence-electron chi connectivity index (χ1n) is 8.76. The van der Waals surface area contributed by atoms with Gasteiger partial charge in [-0.1, -0.05) is 6.42 Å². The Kier molecular flexibility index (Phi) is 7.82. The molecule has 1 N–H and O–H groups in total. The van der Waals surface area contributed by atoms with Gasteiger partial charge in [0.25, 0.3) is 0 Å². The second-order valence-electron chi connectivity index (χ2n) is 6.38. The van der Waals surface area contributed by atoms with Gasteiger partial charge in [0.1, 0.15) is 0 Å². The van der Waals surface area contributed by atoms with Crippen LogP contribution in [0.15, 0.2) is 24.3 Å². The lowest BCUT2D eigenvalue weighted by atomic mass is 10.1. The van der Waals surface area contributed by atoms with E-state index in [2.05, 4.69) is 27.2 Å². The third-order valence-electron chi connectivity index (χ3n) is 4.55. The first kappa shape index (κ1) is 19.0. The number of likely N-dealkylation sites (tertiary alicyclic amines) is 1. The van der Waals surface area contributed by atoms with E-state index in [1.165, 1.54) is 24.9 Å². The van der Waals surface area contributed by atoms with E-state index in [-0.39, 0.29) is 18.3 Å². The van der Waals surface area contributed by atoms with E-state index in [0.29, 0.717) is 6.54 Å². The molecule has 0 bridgehead atoms. The van der Waals surface area contributed by atoms with Gasteiger partial charge in [-0.15, -0.1) is 12.4 Å². The summed E-state index contributed by atoms with van der Waals surface area (Å²) < 4.78 is 5.49. The molecule has 5 nitrogen and oxygen atoms in total. The fourth-order valence-electron chi connectivity index (χ4n) is 3.28. The minimum atomic E-state index is 0. The van der Waals surface area contributed by atoms with Crippen LogP contribution in [0.5, 0.6) is 0 Å². The van der Waals surface area contributed by atoms with Crippen LogP contribution in [0.4, 0.5) is 11.4 Å². The van der Waals surface area contributed by atoms with E-state index in [1.807, 2.05) is 12.1 Å². The highest BCUT2D eigenvalue weighted by Crippen LogP contribution is 2.19. The van der Waals surface area contributed by atoms with Crippen molar-refractivity contribution in [2.75, 3.05) is 56.2 Å². The summed E-state index contributed by atoms with van der Waals surface area (Å²) >= 11 is 0. The van der Waals surface area contributed by atoms with Gasteiger partial charge in [-0.05, 0) is 56.6 Å². The standard InChI is InChI=1S/C18H27N3O2.ClH/c22-18(15-20-9-2-1-3-10-20)19-16-5-7-17(8-6-16)21-11-4-13-23-14-12-21;/h5-8H,1-4,9-15H2,(H,19,22);1H. The minimum Gasteiger partial charge on any atom is -0.380 e. The van der Waals surface area contributed by atoms with Crippen LogP contribution >= 0.6 is 12.4 Å². The summed E-state index contributed by atoms with van der Waals surface area (Å²) in [6.45, 7) is 6.19. The smallest absolute Gasteiger partial charge is 0.238 e. The molecule has 2 aliphatic rings. The maximum atomic E-state index is 12.1. The highest BCUT2D eigenvalue weighted by molar-refractivity contribution is 5.92. The summed E-state index contributed by atoms with van der Waals surface area (Å²) in [5.41, 5.74) is 2.08. The molecule has 2 saturated heterocycles. The van der Waals surface area contributed by atoms with Crippen molar-refractivity contribution in [1.82, 2.24) is 4.90 Å². The zero-order valence-electron chi connectivity index (χ0n) is 14.2. The monoisotopic (exact) mass is 353 g/mol. The molecule has 2 aliphatic heterocycles. The average molecular weight is 354 g/mol. The van der Waals surface area contributed by atoms with Crippen molar-refractivity contribution in [2.45, 2.75) is 25.7 Å². The van der Waals surface area contributed by atoms with E-state index < -0.39 is 0 Å². The Morgan fingerprint density at radius 2 is 1.71 bits per heavy atom. The van der Waals surface area contributed by atoms with Crippen molar-refractivity contribution in [2.24, 2.45) is 0 Å². The molecule has 1 aromatic carbocycles. The van der Waals surface area contributed by atoms with Gasteiger partial charge in [-0.3, -0.25) is 9.69 Å². The predicted molar refractivity (Wildman–Crippen MR) is 100 cm³/mol. The van der Waals surface area contributed by atoms with Crippen LogP contribution < -0.4 is 10.2 Å². The number of anilines is 2. The molecule has 24 heavy (non-hydrogen) atoms. The first-order chi connectivity index (χ1) is 11.3. The normalized spacial score (nSPS) is 19.2. The van der Waals surface area contributed by atoms with Crippen LogP contribution in [0.1, 0.15) is 25.7 Å². The molecular formula is C18H28ClN3O2. The summed E-state index contributed by atoms with van der Waals surface area (Å²) in [7, 11) is 0. The number of ether oxygens (including phenoxy) is 1. The molecule has 6 heteroatoms. The highest BCUT2D eigenvalue weighted by Gasteiger charge is 2.14. The van der Waals surface area contributed by atoms with E-state index in [4.69, 9.17) is 4.74 Å². The van der Waals surface area contributed by atoms with Gasteiger partial charge in [-0.25, -0.2) is 0 Å². The fraction of sp³-hybridized carbons (Fsp3) is 0.611. The van der Waals surface area contributed by atoms with E-state index in [9.17, 15) is 4.79 Å². The van der Waals surface area contributed by atoms with Crippen LogP contribution in [0.3, 0.4) is 0 Å². The molecule has 0 unspecified atom stereocenters. The Hall–Kier alpha value is -1.30. The van der Waals surface area contributed by atoms with Crippen LogP contribution in [0, 0.1) is 0 Å². The SMILES string of the molecule is Cl.O=C(CN1CCCCC1)Nc1ccc(N2CCCOCC2)cc1. The zero-order valence-corrected chi connectivity index (χ0v) is 15.0. The maximum Gasteiger partial charge on any atom is 0.238 e. The number of piperidine rings is 1. The molecule has 1 aromatic rings. The summed E-state index contributed by atoms with van der Waals surface area (Å²) in [6.07, 6.45) is 4.78. The number of amides is 1. The average Bonchev–Trinajstić information content (AvgIpc) is 2.86. The number of hydrogen-bond donors (Lipinski definition) is 1. The fourth-order valence-corrected chi connectivity index (χ4v) is 3.28. The number of carbonyl (C=O) groups excluding carboxylic acids is 1. The minimum absolute atomic E-state index is 0. The van der Waals surface area contributed by atoms with Gasteiger partial charge in [0.05, 0.1) is 13.2 Å². The molecule has 0 radical (unpaired) electrons. The number of nitrogens with zero attached hydrogens (tertiary/aromatic N) is 2. The number of halogens is 1. The second-order valence-corrected chi connectivity index (χ2v) is 6.38. The summed E-state index contributed by atoms with van der Waals surface area (Å²) in [4.78, 5) is 16.7. The Balaban J connectivity index is 0.00000208. The van der Waals surface area contributed by atoms with Gasteiger partial charge in [0.2, 0.25) is 5.91 Å². The van der Waals surface area contributed by atoms with Crippen molar-refractivity contribution in [3.63, 3.8) is 0 Å². The molecule has 0 saturated carbocycles. The molecule has 0 aliphatic carbocycles. The lowest BCUT2D eigenvalue weighted by Gasteiger charge is -2.25. The van der Waals surface area contributed by atoms with Gasteiger partial charge in [0, 0.05) is 31.1 Å². The third-order valence-corrected chi connectivity index (χ3v) is 4.55.